The first-order valence-electron chi connectivity index (χ1n) is 5.94. The summed E-state index contributed by atoms with van der Waals surface area (Å²) in [6.07, 6.45) is 6.85. The first-order valence-corrected chi connectivity index (χ1v) is 6.69. The second kappa shape index (κ2) is 5.79. The van der Waals surface area contributed by atoms with Gasteiger partial charge in [-0.25, -0.2) is 0 Å². The molecular formula is C13H17Cl2N. The van der Waals surface area contributed by atoms with Crippen molar-refractivity contribution < 1.29 is 0 Å². The zero-order chi connectivity index (χ0) is 11.4. The smallest absolute Gasteiger partial charge is 0.0441 e. The van der Waals surface area contributed by atoms with E-state index < -0.39 is 0 Å². The average molecular weight is 258 g/mol. The molecule has 0 radical (unpaired) electrons. The van der Waals surface area contributed by atoms with Crippen LogP contribution in [0.3, 0.4) is 0 Å². The van der Waals surface area contributed by atoms with Crippen molar-refractivity contribution in [3.8, 4) is 0 Å². The van der Waals surface area contributed by atoms with E-state index in [1.165, 1.54) is 32.1 Å². The zero-order valence-electron chi connectivity index (χ0n) is 9.31. The van der Waals surface area contributed by atoms with Crippen LogP contribution in [0, 0.1) is 5.92 Å². The largest absolute Gasteiger partial charge is 0.385 e. The Morgan fingerprint density at radius 2 is 1.62 bits per heavy atom. The van der Waals surface area contributed by atoms with Crippen LogP contribution in [0.4, 0.5) is 5.69 Å². The minimum atomic E-state index is 0.693. The molecule has 1 aromatic rings. The third-order valence-electron chi connectivity index (χ3n) is 3.18. The molecule has 88 valence electrons. The Morgan fingerprint density at radius 1 is 1.00 bits per heavy atom. The molecule has 3 heteroatoms. The Bertz CT molecular complexity index is 326. The fraction of sp³-hybridized carbons (Fsp3) is 0.538. The molecule has 1 N–H and O–H groups in total. The van der Waals surface area contributed by atoms with E-state index in [-0.39, 0.29) is 0 Å². The van der Waals surface area contributed by atoms with Crippen LogP contribution in [-0.4, -0.2) is 6.54 Å². The van der Waals surface area contributed by atoms with E-state index in [4.69, 9.17) is 23.2 Å². The maximum absolute atomic E-state index is 5.95. The van der Waals surface area contributed by atoms with Crippen LogP contribution in [-0.2, 0) is 0 Å². The Balaban J connectivity index is 1.88. The Labute approximate surface area is 107 Å². The van der Waals surface area contributed by atoms with Gasteiger partial charge in [0.15, 0.2) is 0 Å². The lowest BCUT2D eigenvalue weighted by atomic mass is 9.89. The highest BCUT2D eigenvalue weighted by molar-refractivity contribution is 6.35. The number of anilines is 1. The van der Waals surface area contributed by atoms with Gasteiger partial charge in [0.25, 0.3) is 0 Å². The third-order valence-corrected chi connectivity index (χ3v) is 3.62. The van der Waals surface area contributed by atoms with Crippen molar-refractivity contribution in [2.24, 2.45) is 5.92 Å². The fourth-order valence-corrected chi connectivity index (χ4v) is 2.84. The molecular weight excluding hydrogens is 241 g/mol. The number of hydrogen-bond acceptors (Lipinski definition) is 1. The van der Waals surface area contributed by atoms with E-state index in [2.05, 4.69) is 5.32 Å². The predicted molar refractivity (Wildman–Crippen MR) is 71.5 cm³/mol. The normalized spacial score (nSPS) is 17.4. The van der Waals surface area contributed by atoms with Crippen molar-refractivity contribution in [2.45, 2.75) is 32.1 Å². The summed E-state index contributed by atoms with van der Waals surface area (Å²) in [6.45, 7) is 1.04. The van der Waals surface area contributed by atoms with Crippen molar-refractivity contribution in [1.82, 2.24) is 0 Å². The molecule has 0 amide bonds. The first kappa shape index (κ1) is 12.1. The highest BCUT2D eigenvalue weighted by atomic mass is 35.5. The van der Waals surface area contributed by atoms with Gasteiger partial charge in [-0.3, -0.25) is 0 Å². The van der Waals surface area contributed by atoms with Gasteiger partial charge in [0.05, 0.1) is 0 Å². The molecule has 0 bridgehead atoms. The molecule has 0 saturated heterocycles. The van der Waals surface area contributed by atoms with Crippen LogP contribution in [0.1, 0.15) is 32.1 Å². The molecule has 0 aromatic heterocycles. The maximum Gasteiger partial charge on any atom is 0.0441 e. The van der Waals surface area contributed by atoms with Gasteiger partial charge in [0.1, 0.15) is 0 Å². The molecule has 1 saturated carbocycles. The quantitative estimate of drug-likeness (QED) is 0.805. The predicted octanol–water partition coefficient (Wildman–Crippen LogP) is 4.99. The molecule has 1 aromatic carbocycles. The summed E-state index contributed by atoms with van der Waals surface area (Å²) >= 11 is 11.9. The highest BCUT2D eigenvalue weighted by Gasteiger charge is 2.12. The lowest BCUT2D eigenvalue weighted by molar-refractivity contribution is 0.373. The molecule has 2 rings (SSSR count). The molecule has 0 spiro atoms. The van der Waals surface area contributed by atoms with Crippen LogP contribution >= 0.6 is 23.2 Å². The van der Waals surface area contributed by atoms with E-state index in [0.29, 0.717) is 10.0 Å². The number of hydrogen-bond donors (Lipinski definition) is 1. The number of halogens is 2. The topological polar surface area (TPSA) is 12.0 Å². The lowest BCUT2D eigenvalue weighted by Gasteiger charge is -2.22. The van der Waals surface area contributed by atoms with Gasteiger partial charge in [-0.1, -0.05) is 42.5 Å². The van der Waals surface area contributed by atoms with Gasteiger partial charge < -0.3 is 5.32 Å². The summed E-state index contributed by atoms with van der Waals surface area (Å²) < 4.78 is 0. The second-order valence-corrected chi connectivity index (χ2v) is 5.42. The highest BCUT2D eigenvalue weighted by Crippen LogP contribution is 2.26. The minimum Gasteiger partial charge on any atom is -0.385 e. The molecule has 1 aliphatic rings. The van der Waals surface area contributed by atoms with E-state index in [9.17, 15) is 0 Å². The van der Waals surface area contributed by atoms with Gasteiger partial charge in [-0.2, -0.15) is 0 Å². The summed E-state index contributed by atoms with van der Waals surface area (Å²) in [5, 5.41) is 4.81. The summed E-state index contributed by atoms with van der Waals surface area (Å²) in [6, 6.07) is 5.61. The Morgan fingerprint density at radius 3 is 2.25 bits per heavy atom. The monoisotopic (exact) mass is 257 g/mol. The molecule has 0 aliphatic heterocycles. The number of benzene rings is 1. The number of nitrogens with one attached hydrogen (secondary N) is 1. The van der Waals surface area contributed by atoms with Gasteiger partial charge in [0, 0.05) is 22.3 Å². The van der Waals surface area contributed by atoms with Crippen molar-refractivity contribution in [3.05, 3.63) is 28.2 Å². The Kier molecular flexibility index (Phi) is 4.37. The van der Waals surface area contributed by atoms with Gasteiger partial charge in [-0.15, -0.1) is 0 Å². The standard InChI is InChI=1S/C13H17Cl2N/c14-11-6-12(15)8-13(7-11)16-9-10-4-2-1-3-5-10/h6-8,10,16H,1-5,9H2. The molecule has 16 heavy (non-hydrogen) atoms. The molecule has 1 nitrogen and oxygen atoms in total. The molecule has 0 atom stereocenters. The third kappa shape index (κ3) is 3.57. The lowest BCUT2D eigenvalue weighted by Crippen LogP contribution is -2.17. The zero-order valence-corrected chi connectivity index (χ0v) is 10.8. The molecule has 1 fully saturated rings. The summed E-state index contributed by atoms with van der Waals surface area (Å²) in [5.41, 5.74) is 1.03. The molecule has 1 aliphatic carbocycles. The van der Waals surface area contributed by atoms with E-state index in [1.807, 2.05) is 12.1 Å². The van der Waals surface area contributed by atoms with Crippen molar-refractivity contribution in [1.29, 1.82) is 0 Å². The van der Waals surface area contributed by atoms with E-state index in [1.54, 1.807) is 6.07 Å². The van der Waals surface area contributed by atoms with Crippen molar-refractivity contribution in [3.63, 3.8) is 0 Å². The molecule has 0 unspecified atom stereocenters. The molecule has 0 heterocycles. The van der Waals surface area contributed by atoms with Gasteiger partial charge >= 0.3 is 0 Å². The second-order valence-electron chi connectivity index (χ2n) is 4.54. The van der Waals surface area contributed by atoms with Crippen LogP contribution in [0.25, 0.3) is 0 Å². The van der Waals surface area contributed by atoms with Crippen LogP contribution < -0.4 is 5.32 Å². The Hall–Kier alpha value is -0.400. The van der Waals surface area contributed by atoms with Gasteiger partial charge in [-0.05, 0) is 37.0 Å². The average Bonchev–Trinajstić information content (AvgIpc) is 2.27. The summed E-state index contributed by atoms with van der Waals surface area (Å²) in [5.74, 6) is 0.812. The first-order chi connectivity index (χ1) is 7.74. The van der Waals surface area contributed by atoms with Crippen LogP contribution in [0.5, 0.6) is 0 Å². The number of rotatable bonds is 3. The van der Waals surface area contributed by atoms with E-state index in [0.717, 1.165) is 18.2 Å². The fourth-order valence-electron chi connectivity index (χ4n) is 2.31. The maximum atomic E-state index is 5.95. The summed E-state index contributed by atoms with van der Waals surface area (Å²) in [7, 11) is 0. The minimum absolute atomic E-state index is 0.693. The van der Waals surface area contributed by atoms with Crippen molar-refractivity contribution in [2.75, 3.05) is 11.9 Å². The SMILES string of the molecule is Clc1cc(Cl)cc(NCC2CCCCC2)c1. The van der Waals surface area contributed by atoms with E-state index >= 15 is 0 Å². The summed E-state index contributed by atoms with van der Waals surface area (Å²) in [4.78, 5) is 0. The van der Waals surface area contributed by atoms with Gasteiger partial charge in [0.2, 0.25) is 0 Å². The van der Waals surface area contributed by atoms with Crippen LogP contribution in [0.15, 0.2) is 18.2 Å². The van der Waals surface area contributed by atoms with Crippen molar-refractivity contribution >= 4 is 28.9 Å². The van der Waals surface area contributed by atoms with Crippen LogP contribution in [0.2, 0.25) is 10.0 Å².